The summed E-state index contributed by atoms with van der Waals surface area (Å²) in [5, 5.41) is 9.40. The maximum absolute atomic E-state index is 11.7. The second-order valence-electron chi connectivity index (χ2n) is 4.75. The first-order chi connectivity index (χ1) is 9.45. The smallest absolute Gasteiger partial charge is 0.389 e. The molecule has 0 radical (unpaired) electrons. The molecule has 0 aromatic heterocycles. The molecule has 0 aliphatic rings. The van der Waals surface area contributed by atoms with Crippen molar-refractivity contribution in [1.82, 2.24) is 5.48 Å². The van der Waals surface area contributed by atoms with Crippen molar-refractivity contribution in [3.8, 4) is 0 Å². The van der Waals surface area contributed by atoms with Crippen molar-refractivity contribution < 1.29 is 27.9 Å². The largest absolute Gasteiger partial charge is 0.413 e. The molecule has 0 aromatic carbocycles. The fraction of sp³-hybridized carbons (Fsp3) is 1.00. The van der Waals surface area contributed by atoms with E-state index in [9.17, 15) is 18.3 Å². The third-order valence-corrected chi connectivity index (χ3v) is 2.61. The van der Waals surface area contributed by atoms with Crippen molar-refractivity contribution >= 4 is 0 Å². The average molecular weight is 301 g/mol. The topological polar surface area (TPSA) is 50.7 Å². The summed E-state index contributed by atoms with van der Waals surface area (Å²) >= 11 is 0. The highest BCUT2D eigenvalue weighted by molar-refractivity contribution is 4.54. The van der Waals surface area contributed by atoms with Gasteiger partial charge in [-0.05, 0) is 6.42 Å². The number of nitrogens with one attached hydrogen (secondary N) is 1. The number of hydroxylamine groups is 1. The predicted molar refractivity (Wildman–Crippen MR) is 70.2 cm³/mol. The summed E-state index contributed by atoms with van der Waals surface area (Å²) in [6, 6.07) is 0. The lowest BCUT2D eigenvalue weighted by atomic mass is 10.1. The van der Waals surface area contributed by atoms with Gasteiger partial charge in [-0.25, -0.2) is 0 Å². The molecule has 0 amide bonds. The number of ether oxygens (including phenoxy) is 1. The Morgan fingerprint density at radius 1 is 1.10 bits per heavy atom. The van der Waals surface area contributed by atoms with E-state index >= 15 is 0 Å². The Balaban J connectivity index is 3.22. The molecular formula is C13H26F3NO3. The van der Waals surface area contributed by atoms with Crippen molar-refractivity contribution in [3.63, 3.8) is 0 Å². The summed E-state index contributed by atoms with van der Waals surface area (Å²) in [5.74, 6) is 0. The van der Waals surface area contributed by atoms with Crippen LogP contribution in [-0.2, 0) is 9.57 Å². The molecular weight excluding hydrogens is 275 g/mol. The molecule has 1 unspecified atom stereocenters. The maximum atomic E-state index is 11.7. The lowest BCUT2D eigenvalue weighted by Gasteiger charge is -2.13. The van der Waals surface area contributed by atoms with Crippen LogP contribution in [0.3, 0.4) is 0 Å². The Labute approximate surface area is 118 Å². The van der Waals surface area contributed by atoms with Gasteiger partial charge in [0.2, 0.25) is 0 Å². The monoisotopic (exact) mass is 301 g/mol. The number of hydrogen-bond donors (Lipinski definition) is 2. The Kier molecular flexibility index (Phi) is 12.1. The van der Waals surface area contributed by atoms with Gasteiger partial charge >= 0.3 is 6.18 Å². The fourth-order valence-electron chi connectivity index (χ4n) is 1.55. The van der Waals surface area contributed by atoms with Crippen molar-refractivity contribution in [2.45, 2.75) is 57.7 Å². The normalized spacial score (nSPS) is 13.7. The highest BCUT2D eigenvalue weighted by Crippen LogP contribution is 2.13. The predicted octanol–water partition coefficient (Wildman–Crippen LogP) is 2.81. The van der Waals surface area contributed by atoms with Crippen LogP contribution < -0.4 is 5.48 Å². The second-order valence-corrected chi connectivity index (χ2v) is 4.75. The van der Waals surface area contributed by atoms with Gasteiger partial charge in [-0.2, -0.15) is 18.7 Å². The lowest BCUT2D eigenvalue weighted by Crippen LogP contribution is -2.33. The van der Waals surface area contributed by atoms with Gasteiger partial charge < -0.3 is 9.84 Å². The van der Waals surface area contributed by atoms with Gasteiger partial charge in [0.05, 0.1) is 12.7 Å². The minimum Gasteiger partial charge on any atom is -0.389 e. The first-order valence-corrected chi connectivity index (χ1v) is 7.13. The molecule has 0 bridgehead atoms. The highest BCUT2D eigenvalue weighted by atomic mass is 19.4. The summed E-state index contributed by atoms with van der Waals surface area (Å²) in [4.78, 5) is 4.16. The average Bonchev–Trinajstić information content (AvgIpc) is 2.37. The molecule has 1 atom stereocenters. The molecule has 0 saturated heterocycles. The van der Waals surface area contributed by atoms with E-state index in [1.165, 1.54) is 25.7 Å². The van der Waals surface area contributed by atoms with Crippen molar-refractivity contribution in [1.29, 1.82) is 0 Å². The minimum absolute atomic E-state index is 0.0907. The number of halogens is 3. The molecule has 0 fully saturated rings. The Bertz CT molecular complexity index is 216. The molecule has 7 heteroatoms. The zero-order chi connectivity index (χ0) is 15.3. The summed E-state index contributed by atoms with van der Waals surface area (Å²) in [7, 11) is 0. The van der Waals surface area contributed by atoms with Crippen LogP contribution in [-0.4, -0.2) is 43.8 Å². The van der Waals surface area contributed by atoms with Gasteiger partial charge in [-0.3, -0.25) is 4.84 Å². The summed E-state index contributed by atoms with van der Waals surface area (Å²) in [6.45, 7) is 1.35. The quantitative estimate of drug-likeness (QED) is 0.406. The Morgan fingerprint density at radius 2 is 1.75 bits per heavy atom. The van der Waals surface area contributed by atoms with E-state index in [0.29, 0.717) is 6.61 Å². The zero-order valence-electron chi connectivity index (χ0n) is 12.0. The first-order valence-electron chi connectivity index (χ1n) is 7.13. The van der Waals surface area contributed by atoms with E-state index in [1.54, 1.807) is 0 Å². The number of alkyl halides is 3. The standard InChI is InChI=1S/C13H26F3NO3/c1-2-3-4-5-6-7-8-19-10-12(18)9-17-20-11-13(14,15)16/h12,17-18H,2-11H2,1H3. The van der Waals surface area contributed by atoms with E-state index in [1.807, 2.05) is 0 Å². The molecule has 0 rings (SSSR count). The van der Waals surface area contributed by atoms with Crippen LogP contribution in [0.4, 0.5) is 13.2 Å². The molecule has 0 spiro atoms. The third kappa shape index (κ3) is 15.7. The van der Waals surface area contributed by atoms with Gasteiger partial charge in [0.1, 0.15) is 0 Å². The van der Waals surface area contributed by atoms with Gasteiger partial charge in [0.25, 0.3) is 0 Å². The number of aliphatic hydroxyl groups is 1. The van der Waals surface area contributed by atoms with Crippen LogP contribution in [0.5, 0.6) is 0 Å². The van der Waals surface area contributed by atoms with Crippen LogP contribution in [0.1, 0.15) is 45.4 Å². The summed E-state index contributed by atoms with van der Waals surface area (Å²) < 4.78 is 40.4. The number of rotatable bonds is 13. The van der Waals surface area contributed by atoms with Gasteiger partial charge in [-0.1, -0.05) is 39.0 Å². The van der Waals surface area contributed by atoms with Gasteiger partial charge in [-0.15, -0.1) is 0 Å². The molecule has 20 heavy (non-hydrogen) atoms. The van der Waals surface area contributed by atoms with E-state index in [-0.39, 0.29) is 13.2 Å². The highest BCUT2D eigenvalue weighted by Gasteiger charge is 2.27. The maximum Gasteiger partial charge on any atom is 0.413 e. The van der Waals surface area contributed by atoms with Crippen molar-refractivity contribution in [2.75, 3.05) is 26.4 Å². The first kappa shape index (κ1) is 19.6. The molecule has 0 heterocycles. The molecule has 0 aromatic rings. The number of aliphatic hydroxyl groups excluding tert-OH is 1. The molecule has 0 aliphatic heterocycles. The van der Waals surface area contributed by atoms with Gasteiger partial charge in [0, 0.05) is 13.2 Å². The molecule has 122 valence electrons. The van der Waals surface area contributed by atoms with Crippen molar-refractivity contribution in [2.24, 2.45) is 0 Å². The van der Waals surface area contributed by atoms with E-state index < -0.39 is 18.9 Å². The van der Waals surface area contributed by atoms with E-state index in [2.05, 4.69) is 17.2 Å². The summed E-state index contributed by atoms with van der Waals surface area (Å²) in [5.41, 5.74) is 2.07. The van der Waals surface area contributed by atoms with E-state index in [4.69, 9.17) is 4.74 Å². The van der Waals surface area contributed by atoms with Crippen molar-refractivity contribution in [3.05, 3.63) is 0 Å². The van der Waals surface area contributed by atoms with Gasteiger partial charge in [0.15, 0.2) is 6.61 Å². The molecule has 4 nitrogen and oxygen atoms in total. The van der Waals surface area contributed by atoms with Crippen LogP contribution in [0.25, 0.3) is 0 Å². The molecule has 0 saturated carbocycles. The fourth-order valence-corrected chi connectivity index (χ4v) is 1.55. The third-order valence-electron chi connectivity index (χ3n) is 2.61. The zero-order valence-corrected chi connectivity index (χ0v) is 12.0. The SMILES string of the molecule is CCCCCCCCOCC(O)CNOCC(F)(F)F. The second kappa shape index (κ2) is 12.4. The molecule has 0 aliphatic carbocycles. The summed E-state index contributed by atoms with van der Waals surface area (Å²) in [6.07, 6.45) is 1.69. The van der Waals surface area contributed by atoms with Crippen LogP contribution in [0.15, 0.2) is 0 Å². The van der Waals surface area contributed by atoms with E-state index in [0.717, 1.165) is 12.8 Å². The number of unbranched alkanes of at least 4 members (excludes halogenated alkanes) is 5. The lowest BCUT2D eigenvalue weighted by molar-refractivity contribution is -0.191. The Morgan fingerprint density at radius 3 is 2.40 bits per heavy atom. The van der Waals surface area contributed by atoms with Crippen LogP contribution >= 0.6 is 0 Å². The number of hydrogen-bond acceptors (Lipinski definition) is 4. The van der Waals surface area contributed by atoms with Crippen LogP contribution in [0, 0.1) is 0 Å². The molecule has 2 N–H and O–H groups in total. The minimum atomic E-state index is -4.37. The Hall–Kier alpha value is -0.370. The van der Waals surface area contributed by atoms with Crippen LogP contribution in [0.2, 0.25) is 0 Å².